The van der Waals surface area contributed by atoms with E-state index < -0.39 is 10.0 Å². The third kappa shape index (κ3) is 4.85. The number of halogens is 1. The Bertz CT molecular complexity index is 1580. The van der Waals surface area contributed by atoms with Crippen LogP contribution in [0.25, 0.3) is 27.6 Å². The Labute approximate surface area is 204 Å². The Morgan fingerprint density at radius 1 is 1.00 bits per heavy atom. The number of aromatic nitrogens is 4. The van der Waals surface area contributed by atoms with E-state index in [9.17, 15) is 17.9 Å². The minimum atomic E-state index is -3.71. The molecule has 0 saturated heterocycles. The zero-order chi connectivity index (χ0) is 24.4. The van der Waals surface area contributed by atoms with Gasteiger partial charge in [-0.15, -0.1) is 11.3 Å². The van der Waals surface area contributed by atoms with Gasteiger partial charge in [0.1, 0.15) is 17.3 Å². The largest absolute Gasteiger partial charge is 0.508 e. The first kappa shape index (κ1) is 22.9. The molecule has 0 spiro atoms. The standard InChI is InChI=1S/C23H19FN6O3S2/c24-16-3-1-15(2-4-16)20-21(30-13-14-34-23(30)29-20)19-9-10-25-22(28-19)26-11-12-27-35(32,33)18-7-5-17(31)6-8-18/h1-10,13-14,27,31H,11-12H2,(H,25,26,28). The quantitative estimate of drug-likeness (QED) is 0.272. The maximum absolute atomic E-state index is 13.5. The molecule has 0 fully saturated rings. The van der Waals surface area contributed by atoms with Crippen LogP contribution in [0, 0.1) is 5.82 Å². The van der Waals surface area contributed by atoms with Crippen LogP contribution in [0.4, 0.5) is 10.3 Å². The highest BCUT2D eigenvalue weighted by Crippen LogP contribution is 2.33. The van der Waals surface area contributed by atoms with Crippen molar-refractivity contribution in [2.24, 2.45) is 0 Å². The second-order valence-electron chi connectivity index (χ2n) is 7.46. The second-order valence-corrected chi connectivity index (χ2v) is 10.1. The Morgan fingerprint density at radius 2 is 1.77 bits per heavy atom. The first-order valence-electron chi connectivity index (χ1n) is 10.5. The Kier molecular flexibility index (Phi) is 6.16. The molecule has 0 radical (unpaired) electrons. The summed E-state index contributed by atoms with van der Waals surface area (Å²) in [5.74, 6) is -0.0180. The van der Waals surface area contributed by atoms with E-state index in [1.54, 1.807) is 24.4 Å². The molecular weight excluding hydrogens is 491 g/mol. The zero-order valence-corrected chi connectivity index (χ0v) is 19.7. The molecule has 2 aromatic carbocycles. The molecule has 0 amide bonds. The number of sulfonamides is 1. The minimum Gasteiger partial charge on any atom is -0.508 e. The fourth-order valence-electron chi connectivity index (χ4n) is 3.48. The third-order valence-corrected chi connectivity index (χ3v) is 7.36. The third-order valence-electron chi connectivity index (χ3n) is 5.13. The van der Waals surface area contributed by atoms with Gasteiger partial charge in [-0.1, -0.05) is 0 Å². The molecule has 9 nitrogen and oxygen atoms in total. The molecule has 0 saturated carbocycles. The van der Waals surface area contributed by atoms with Gasteiger partial charge in [0.25, 0.3) is 0 Å². The van der Waals surface area contributed by atoms with E-state index in [2.05, 4.69) is 20.0 Å². The summed E-state index contributed by atoms with van der Waals surface area (Å²) in [4.78, 5) is 14.4. The van der Waals surface area contributed by atoms with Gasteiger partial charge in [0.15, 0.2) is 4.96 Å². The fourth-order valence-corrected chi connectivity index (χ4v) is 5.23. The predicted molar refractivity (Wildman–Crippen MR) is 131 cm³/mol. The van der Waals surface area contributed by atoms with Gasteiger partial charge in [-0.25, -0.2) is 32.5 Å². The van der Waals surface area contributed by atoms with E-state index in [0.717, 1.165) is 16.2 Å². The van der Waals surface area contributed by atoms with Crippen molar-refractivity contribution in [1.29, 1.82) is 0 Å². The van der Waals surface area contributed by atoms with Crippen LogP contribution in [0.5, 0.6) is 5.75 Å². The number of benzene rings is 2. The van der Waals surface area contributed by atoms with Crippen molar-refractivity contribution >= 4 is 32.3 Å². The van der Waals surface area contributed by atoms with Crippen LogP contribution in [-0.2, 0) is 10.0 Å². The molecule has 0 aliphatic carbocycles. The number of thiazole rings is 1. The van der Waals surface area contributed by atoms with Gasteiger partial charge in [-0.05, 0) is 54.6 Å². The molecule has 0 aliphatic rings. The Morgan fingerprint density at radius 3 is 2.54 bits per heavy atom. The Hall–Kier alpha value is -3.87. The van der Waals surface area contributed by atoms with Crippen LogP contribution in [0.15, 0.2) is 77.3 Å². The lowest BCUT2D eigenvalue weighted by atomic mass is 10.1. The lowest BCUT2D eigenvalue weighted by molar-refractivity contribution is 0.474. The van der Waals surface area contributed by atoms with E-state index >= 15 is 0 Å². The smallest absolute Gasteiger partial charge is 0.240 e. The molecule has 3 heterocycles. The number of anilines is 1. The number of phenols is 1. The number of hydrogen-bond acceptors (Lipinski definition) is 8. The molecule has 3 aromatic heterocycles. The fraction of sp³-hybridized carbons (Fsp3) is 0.0870. The van der Waals surface area contributed by atoms with Crippen LogP contribution >= 0.6 is 11.3 Å². The molecule has 0 unspecified atom stereocenters. The van der Waals surface area contributed by atoms with Gasteiger partial charge in [0, 0.05) is 36.4 Å². The van der Waals surface area contributed by atoms with E-state index in [-0.39, 0.29) is 29.6 Å². The van der Waals surface area contributed by atoms with Gasteiger partial charge in [0.05, 0.1) is 16.3 Å². The highest BCUT2D eigenvalue weighted by molar-refractivity contribution is 7.89. The maximum atomic E-state index is 13.5. The van der Waals surface area contributed by atoms with Crippen LogP contribution in [0.1, 0.15) is 0 Å². The van der Waals surface area contributed by atoms with E-state index in [1.165, 1.54) is 47.7 Å². The summed E-state index contributed by atoms with van der Waals surface area (Å²) < 4.78 is 42.6. The average Bonchev–Trinajstić information content (AvgIpc) is 3.44. The molecular formula is C23H19FN6O3S2. The summed E-state index contributed by atoms with van der Waals surface area (Å²) in [5.41, 5.74) is 2.78. The van der Waals surface area contributed by atoms with Crippen LogP contribution in [0.3, 0.4) is 0 Å². The van der Waals surface area contributed by atoms with Crippen LogP contribution in [0.2, 0.25) is 0 Å². The number of phenolic OH excluding ortho intramolecular Hbond substituents is 1. The predicted octanol–water partition coefficient (Wildman–Crippen LogP) is 3.75. The van der Waals surface area contributed by atoms with Gasteiger partial charge < -0.3 is 10.4 Å². The van der Waals surface area contributed by atoms with Crippen molar-refractivity contribution in [2.45, 2.75) is 4.90 Å². The molecule has 5 aromatic rings. The number of rotatable bonds is 8. The summed E-state index contributed by atoms with van der Waals surface area (Å²) >= 11 is 1.48. The SMILES string of the molecule is O=S(=O)(NCCNc1nccc(-c2c(-c3ccc(F)cc3)nc3sccn23)n1)c1ccc(O)cc1. The minimum absolute atomic E-state index is 0.0110. The lowest BCUT2D eigenvalue weighted by Crippen LogP contribution is -2.29. The zero-order valence-electron chi connectivity index (χ0n) is 18.1. The van der Waals surface area contributed by atoms with Crippen LogP contribution < -0.4 is 10.0 Å². The number of nitrogens with one attached hydrogen (secondary N) is 2. The molecule has 12 heteroatoms. The molecule has 0 aliphatic heterocycles. The van der Waals surface area contributed by atoms with Gasteiger partial charge in [0.2, 0.25) is 16.0 Å². The van der Waals surface area contributed by atoms with E-state index in [0.29, 0.717) is 17.3 Å². The second kappa shape index (κ2) is 9.41. The number of nitrogens with zero attached hydrogens (tertiary/aromatic N) is 4. The van der Waals surface area contributed by atoms with E-state index in [4.69, 9.17) is 4.98 Å². The van der Waals surface area contributed by atoms with Gasteiger partial charge >= 0.3 is 0 Å². The highest BCUT2D eigenvalue weighted by Gasteiger charge is 2.19. The van der Waals surface area contributed by atoms with Crippen molar-refractivity contribution in [2.75, 3.05) is 18.4 Å². The van der Waals surface area contributed by atoms with Crippen molar-refractivity contribution in [3.8, 4) is 28.4 Å². The van der Waals surface area contributed by atoms with E-state index in [1.807, 2.05) is 16.0 Å². The number of fused-ring (bicyclic) bond motifs is 1. The number of aromatic hydroxyl groups is 1. The van der Waals surface area contributed by atoms with Crippen molar-refractivity contribution in [3.63, 3.8) is 0 Å². The van der Waals surface area contributed by atoms with Gasteiger partial charge in [-0.3, -0.25) is 4.40 Å². The number of hydrogen-bond donors (Lipinski definition) is 3. The lowest BCUT2D eigenvalue weighted by Gasteiger charge is -2.09. The topological polar surface area (TPSA) is 122 Å². The monoisotopic (exact) mass is 510 g/mol. The summed E-state index contributed by atoms with van der Waals surface area (Å²) in [6, 6.07) is 13.2. The molecule has 5 rings (SSSR count). The highest BCUT2D eigenvalue weighted by atomic mass is 32.2. The Balaban J connectivity index is 1.33. The van der Waals surface area contributed by atoms with Crippen LogP contribution in [-0.4, -0.2) is 46.0 Å². The van der Waals surface area contributed by atoms with Crippen molar-refractivity contribution in [3.05, 3.63) is 78.2 Å². The molecule has 0 atom stereocenters. The normalized spacial score (nSPS) is 11.7. The summed E-state index contributed by atoms with van der Waals surface area (Å²) in [7, 11) is -3.71. The first-order chi connectivity index (χ1) is 16.9. The van der Waals surface area contributed by atoms with Crippen molar-refractivity contribution < 1.29 is 17.9 Å². The molecule has 35 heavy (non-hydrogen) atoms. The maximum Gasteiger partial charge on any atom is 0.240 e. The molecule has 3 N–H and O–H groups in total. The van der Waals surface area contributed by atoms with Crippen molar-refractivity contribution in [1.82, 2.24) is 24.1 Å². The summed E-state index contributed by atoms with van der Waals surface area (Å²) in [6.07, 6.45) is 3.49. The molecule has 178 valence electrons. The summed E-state index contributed by atoms with van der Waals surface area (Å²) in [5, 5.41) is 14.3. The average molecular weight is 511 g/mol. The van der Waals surface area contributed by atoms with Gasteiger partial charge in [-0.2, -0.15) is 0 Å². The molecule has 0 bridgehead atoms. The number of imidazole rings is 1. The first-order valence-corrected chi connectivity index (χ1v) is 12.8. The summed E-state index contributed by atoms with van der Waals surface area (Å²) in [6.45, 7) is 0.338.